The van der Waals surface area contributed by atoms with E-state index in [0.717, 1.165) is 19.6 Å². The van der Waals surface area contributed by atoms with Crippen molar-refractivity contribution >= 4 is 11.7 Å². The van der Waals surface area contributed by atoms with Crippen LogP contribution in [-0.4, -0.2) is 67.2 Å². The van der Waals surface area contributed by atoms with E-state index < -0.39 is 11.8 Å². The molecule has 1 fully saturated rings. The lowest BCUT2D eigenvalue weighted by Crippen LogP contribution is -2.52. The van der Waals surface area contributed by atoms with Crippen molar-refractivity contribution in [2.24, 2.45) is 0 Å². The molecule has 20 heavy (non-hydrogen) atoms. The molecule has 2 N–H and O–H groups in total. The van der Waals surface area contributed by atoms with E-state index in [4.69, 9.17) is 5.11 Å². The molecule has 0 saturated carbocycles. The van der Waals surface area contributed by atoms with Gasteiger partial charge in [-0.05, 0) is 26.2 Å². The van der Waals surface area contributed by atoms with E-state index in [1.807, 2.05) is 14.1 Å². The van der Waals surface area contributed by atoms with Gasteiger partial charge in [-0.2, -0.15) is 0 Å². The van der Waals surface area contributed by atoms with Gasteiger partial charge in [0.1, 0.15) is 5.82 Å². The minimum Gasteiger partial charge on any atom is -0.478 e. The molecular formula is C14H20FN3O2. The zero-order chi connectivity index (χ0) is 14.7. The molecule has 1 aromatic carbocycles. The van der Waals surface area contributed by atoms with E-state index in [0.29, 0.717) is 6.54 Å². The lowest BCUT2D eigenvalue weighted by Gasteiger charge is -2.38. The molecule has 1 unspecified atom stereocenters. The minimum absolute atomic E-state index is 0.0307. The summed E-state index contributed by atoms with van der Waals surface area (Å²) in [4.78, 5) is 15.5. The summed E-state index contributed by atoms with van der Waals surface area (Å²) in [5.74, 6) is -1.65. The van der Waals surface area contributed by atoms with Crippen molar-refractivity contribution in [1.29, 1.82) is 0 Å². The first-order valence-electron chi connectivity index (χ1n) is 6.63. The molecule has 110 valence electrons. The molecule has 1 saturated heterocycles. The Balaban J connectivity index is 2.08. The number of likely N-dealkylation sites (N-methyl/N-ethyl adjacent to an activating group) is 2. The van der Waals surface area contributed by atoms with Crippen LogP contribution < -0.4 is 5.32 Å². The number of halogens is 1. The topological polar surface area (TPSA) is 55.8 Å². The van der Waals surface area contributed by atoms with Gasteiger partial charge in [0.2, 0.25) is 0 Å². The maximum Gasteiger partial charge on any atom is 0.337 e. The number of carbonyl (C=O) groups is 1. The first kappa shape index (κ1) is 14.7. The fourth-order valence-electron chi connectivity index (χ4n) is 2.42. The van der Waals surface area contributed by atoms with E-state index in [9.17, 15) is 9.18 Å². The number of carboxylic acid groups (broad SMARTS) is 1. The summed E-state index contributed by atoms with van der Waals surface area (Å²) in [7, 11) is 4.07. The van der Waals surface area contributed by atoms with Gasteiger partial charge < -0.3 is 15.3 Å². The Hall–Kier alpha value is -1.66. The monoisotopic (exact) mass is 281 g/mol. The predicted molar refractivity (Wildman–Crippen MR) is 75.8 cm³/mol. The third-order valence-electron chi connectivity index (χ3n) is 3.74. The van der Waals surface area contributed by atoms with Crippen molar-refractivity contribution in [3.8, 4) is 0 Å². The Morgan fingerprint density at radius 3 is 2.90 bits per heavy atom. The molecule has 1 heterocycles. The Morgan fingerprint density at radius 1 is 1.45 bits per heavy atom. The first-order valence-corrected chi connectivity index (χ1v) is 6.63. The Labute approximate surface area is 118 Å². The maximum absolute atomic E-state index is 13.8. The van der Waals surface area contributed by atoms with Crippen molar-refractivity contribution in [2.75, 3.05) is 45.6 Å². The van der Waals surface area contributed by atoms with Crippen molar-refractivity contribution in [3.05, 3.63) is 29.6 Å². The van der Waals surface area contributed by atoms with Crippen LogP contribution in [0.1, 0.15) is 10.4 Å². The molecule has 2 rings (SSSR count). The number of anilines is 1. The van der Waals surface area contributed by atoms with Gasteiger partial charge >= 0.3 is 5.97 Å². The zero-order valence-corrected chi connectivity index (χ0v) is 11.8. The average molecular weight is 281 g/mol. The van der Waals surface area contributed by atoms with Crippen molar-refractivity contribution in [1.82, 2.24) is 9.80 Å². The SMILES string of the molecule is CN1CCN(C)C(CNc2c(F)cccc2C(=O)O)C1. The highest BCUT2D eigenvalue weighted by molar-refractivity contribution is 5.94. The van der Waals surface area contributed by atoms with Crippen LogP contribution in [0.3, 0.4) is 0 Å². The molecular weight excluding hydrogens is 261 g/mol. The number of nitrogens with zero attached hydrogens (tertiary/aromatic N) is 2. The standard InChI is InChI=1S/C14H20FN3O2/c1-17-6-7-18(2)10(9-17)8-16-13-11(14(19)20)4-3-5-12(13)15/h3-5,10,16H,6-9H2,1-2H3,(H,19,20). The smallest absolute Gasteiger partial charge is 0.337 e. The Kier molecular flexibility index (Phi) is 4.57. The van der Waals surface area contributed by atoms with E-state index in [1.165, 1.54) is 18.2 Å². The van der Waals surface area contributed by atoms with Crippen LogP contribution in [0, 0.1) is 5.82 Å². The van der Waals surface area contributed by atoms with Gasteiger partial charge in [-0.1, -0.05) is 6.07 Å². The van der Waals surface area contributed by atoms with Gasteiger partial charge in [-0.3, -0.25) is 4.90 Å². The molecule has 1 atom stereocenters. The summed E-state index contributed by atoms with van der Waals surface area (Å²) in [5.41, 5.74) is 0.0402. The largest absolute Gasteiger partial charge is 0.478 e. The zero-order valence-electron chi connectivity index (χ0n) is 11.8. The summed E-state index contributed by atoms with van der Waals surface area (Å²) in [5, 5.41) is 12.1. The Bertz CT molecular complexity index is 495. The number of hydrogen-bond donors (Lipinski definition) is 2. The van der Waals surface area contributed by atoms with E-state index >= 15 is 0 Å². The number of aromatic carboxylic acids is 1. The number of para-hydroxylation sites is 1. The number of hydrogen-bond acceptors (Lipinski definition) is 4. The maximum atomic E-state index is 13.8. The second kappa shape index (κ2) is 6.19. The summed E-state index contributed by atoms with van der Waals surface area (Å²) >= 11 is 0. The summed E-state index contributed by atoms with van der Waals surface area (Å²) < 4.78 is 13.8. The lowest BCUT2D eigenvalue weighted by atomic mass is 10.1. The quantitative estimate of drug-likeness (QED) is 0.868. The van der Waals surface area contributed by atoms with Crippen LogP contribution in [0.25, 0.3) is 0 Å². The van der Waals surface area contributed by atoms with E-state index in [-0.39, 0.29) is 17.3 Å². The fraction of sp³-hybridized carbons (Fsp3) is 0.500. The molecule has 0 bridgehead atoms. The van der Waals surface area contributed by atoms with Gasteiger partial charge in [0.25, 0.3) is 0 Å². The first-order chi connectivity index (χ1) is 9.49. The van der Waals surface area contributed by atoms with Crippen LogP contribution in [0.2, 0.25) is 0 Å². The van der Waals surface area contributed by atoms with Crippen LogP contribution in [0.15, 0.2) is 18.2 Å². The van der Waals surface area contributed by atoms with Gasteiger partial charge in [-0.15, -0.1) is 0 Å². The van der Waals surface area contributed by atoms with E-state index in [1.54, 1.807) is 0 Å². The summed E-state index contributed by atoms with van der Waals surface area (Å²) in [6.07, 6.45) is 0. The van der Waals surface area contributed by atoms with Crippen LogP contribution >= 0.6 is 0 Å². The third-order valence-corrected chi connectivity index (χ3v) is 3.74. The highest BCUT2D eigenvalue weighted by Crippen LogP contribution is 2.20. The van der Waals surface area contributed by atoms with Crippen molar-refractivity contribution in [3.63, 3.8) is 0 Å². The van der Waals surface area contributed by atoms with Gasteiger partial charge in [0.15, 0.2) is 0 Å². The summed E-state index contributed by atoms with van der Waals surface area (Å²) in [6, 6.07) is 4.32. The number of benzene rings is 1. The third kappa shape index (κ3) is 3.26. The average Bonchev–Trinajstić information content (AvgIpc) is 2.40. The van der Waals surface area contributed by atoms with Crippen molar-refractivity contribution < 1.29 is 14.3 Å². The fourth-order valence-corrected chi connectivity index (χ4v) is 2.42. The van der Waals surface area contributed by atoms with Gasteiger partial charge in [0, 0.05) is 32.2 Å². The molecule has 0 spiro atoms. The number of carboxylic acids is 1. The minimum atomic E-state index is -1.12. The van der Waals surface area contributed by atoms with Crippen molar-refractivity contribution in [2.45, 2.75) is 6.04 Å². The molecule has 0 amide bonds. The van der Waals surface area contributed by atoms with Crippen LogP contribution in [0.4, 0.5) is 10.1 Å². The summed E-state index contributed by atoms with van der Waals surface area (Å²) in [6.45, 7) is 3.35. The second-order valence-electron chi connectivity index (χ2n) is 5.25. The van der Waals surface area contributed by atoms with Crippen LogP contribution in [0.5, 0.6) is 0 Å². The number of rotatable bonds is 4. The predicted octanol–water partition coefficient (Wildman–Crippen LogP) is 1.18. The molecule has 0 aliphatic carbocycles. The number of nitrogens with one attached hydrogen (secondary N) is 1. The molecule has 5 nitrogen and oxygen atoms in total. The molecule has 0 aromatic heterocycles. The molecule has 1 aliphatic rings. The number of piperazine rings is 1. The second-order valence-corrected chi connectivity index (χ2v) is 5.25. The van der Waals surface area contributed by atoms with Crippen LogP contribution in [-0.2, 0) is 0 Å². The normalized spacial score (nSPS) is 20.9. The van der Waals surface area contributed by atoms with Gasteiger partial charge in [0.05, 0.1) is 11.3 Å². The van der Waals surface area contributed by atoms with Gasteiger partial charge in [-0.25, -0.2) is 9.18 Å². The highest BCUT2D eigenvalue weighted by Gasteiger charge is 2.23. The molecule has 1 aromatic rings. The molecule has 6 heteroatoms. The Morgan fingerprint density at radius 2 is 2.20 bits per heavy atom. The molecule has 0 radical (unpaired) electrons. The highest BCUT2D eigenvalue weighted by atomic mass is 19.1. The lowest BCUT2D eigenvalue weighted by molar-refractivity contribution is 0.0697. The van der Waals surface area contributed by atoms with E-state index in [2.05, 4.69) is 15.1 Å². The molecule has 1 aliphatic heterocycles.